The molecular formula is C24H29BrN2O2. The third-order valence-electron chi connectivity index (χ3n) is 5.39. The number of hydrogen-bond acceptors (Lipinski definition) is 4. The van der Waals surface area contributed by atoms with Gasteiger partial charge >= 0.3 is 0 Å². The molecule has 1 fully saturated rings. The molecule has 3 rings (SSSR count). The highest BCUT2D eigenvalue weighted by molar-refractivity contribution is 9.10. The highest BCUT2D eigenvalue weighted by atomic mass is 79.9. The lowest BCUT2D eigenvalue weighted by Gasteiger charge is -2.34. The van der Waals surface area contributed by atoms with E-state index in [1.165, 1.54) is 12.8 Å². The van der Waals surface area contributed by atoms with Crippen molar-refractivity contribution in [2.75, 3.05) is 40.3 Å². The average Bonchev–Trinajstić information content (AvgIpc) is 2.74. The van der Waals surface area contributed by atoms with Crippen LogP contribution in [0.1, 0.15) is 28.8 Å². The minimum absolute atomic E-state index is 0.0157. The normalized spacial score (nSPS) is 15.9. The van der Waals surface area contributed by atoms with Crippen LogP contribution in [-0.4, -0.2) is 62.0 Å². The molecule has 29 heavy (non-hydrogen) atoms. The Labute approximate surface area is 182 Å². The van der Waals surface area contributed by atoms with E-state index < -0.39 is 0 Å². The van der Waals surface area contributed by atoms with E-state index in [2.05, 4.69) is 52.0 Å². The predicted molar refractivity (Wildman–Crippen MR) is 122 cm³/mol. The standard InChI is InChI=1S/C24H29BrN2O2/c1-26(2)22-13-16-27(17-14-22)15-3-4-18-29-23-11-7-20(8-12-23)24(28)19-5-9-21(25)10-6-19/h3-12,22H,13-18H2,1-2H3/b4-3+. The molecule has 2 aromatic carbocycles. The summed E-state index contributed by atoms with van der Waals surface area (Å²) in [6.07, 6.45) is 6.73. The SMILES string of the molecule is CN(C)C1CCN(C/C=C/COc2ccc(C(=O)c3ccc(Br)cc3)cc2)CC1. The van der Waals surface area contributed by atoms with E-state index in [1.54, 1.807) is 0 Å². The molecule has 0 radical (unpaired) electrons. The third-order valence-corrected chi connectivity index (χ3v) is 5.92. The number of likely N-dealkylation sites (tertiary alicyclic amines) is 1. The Kier molecular flexibility index (Phi) is 8.04. The Morgan fingerprint density at radius 3 is 2.21 bits per heavy atom. The molecule has 0 N–H and O–H groups in total. The van der Waals surface area contributed by atoms with Crippen LogP contribution in [0.3, 0.4) is 0 Å². The summed E-state index contributed by atoms with van der Waals surface area (Å²) in [5.74, 6) is 0.788. The summed E-state index contributed by atoms with van der Waals surface area (Å²) in [6.45, 7) is 3.82. The molecule has 2 aromatic rings. The Hall–Kier alpha value is -1.95. The molecule has 0 spiro atoms. The number of hydrogen-bond donors (Lipinski definition) is 0. The van der Waals surface area contributed by atoms with Crippen molar-refractivity contribution in [1.82, 2.24) is 9.80 Å². The van der Waals surface area contributed by atoms with Crippen molar-refractivity contribution in [3.63, 3.8) is 0 Å². The van der Waals surface area contributed by atoms with Crippen molar-refractivity contribution < 1.29 is 9.53 Å². The van der Waals surface area contributed by atoms with Crippen LogP contribution in [0.2, 0.25) is 0 Å². The lowest BCUT2D eigenvalue weighted by atomic mass is 10.0. The Morgan fingerprint density at radius 2 is 1.62 bits per heavy atom. The number of benzene rings is 2. The zero-order chi connectivity index (χ0) is 20.6. The molecule has 0 amide bonds. The first kappa shape index (κ1) is 21.8. The van der Waals surface area contributed by atoms with Gasteiger partial charge in [-0.1, -0.05) is 28.1 Å². The second-order valence-electron chi connectivity index (χ2n) is 7.64. The van der Waals surface area contributed by atoms with Gasteiger partial charge < -0.3 is 9.64 Å². The summed E-state index contributed by atoms with van der Waals surface area (Å²) in [7, 11) is 4.33. The van der Waals surface area contributed by atoms with Crippen LogP contribution < -0.4 is 4.74 Å². The summed E-state index contributed by atoms with van der Waals surface area (Å²) in [5, 5.41) is 0. The highest BCUT2D eigenvalue weighted by Gasteiger charge is 2.19. The maximum absolute atomic E-state index is 12.5. The second kappa shape index (κ2) is 10.7. The molecule has 0 saturated carbocycles. The summed E-state index contributed by atoms with van der Waals surface area (Å²) in [6, 6.07) is 15.5. The second-order valence-corrected chi connectivity index (χ2v) is 8.55. The monoisotopic (exact) mass is 456 g/mol. The molecule has 1 saturated heterocycles. The van der Waals surface area contributed by atoms with Crippen molar-refractivity contribution >= 4 is 21.7 Å². The van der Waals surface area contributed by atoms with Gasteiger partial charge in [-0.3, -0.25) is 9.69 Å². The quantitative estimate of drug-likeness (QED) is 0.427. The average molecular weight is 457 g/mol. The Balaban J connectivity index is 1.41. The van der Waals surface area contributed by atoms with E-state index in [0.29, 0.717) is 17.7 Å². The molecule has 1 aliphatic heterocycles. The Bertz CT molecular complexity index is 808. The number of ketones is 1. The molecule has 0 bridgehead atoms. The van der Waals surface area contributed by atoms with Crippen molar-refractivity contribution in [3.05, 3.63) is 76.3 Å². The first-order valence-electron chi connectivity index (χ1n) is 10.1. The van der Waals surface area contributed by atoms with Crippen LogP contribution >= 0.6 is 15.9 Å². The lowest BCUT2D eigenvalue weighted by Crippen LogP contribution is -2.41. The lowest BCUT2D eigenvalue weighted by molar-refractivity contribution is 0.103. The van der Waals surface area contributed by atoms with Gasteiger partial charge in [0.1, 0.15) is 12.4 Å². The van der Waals surface area contributed by atoms with Crippen molar-refractivity contribution in [2.24, 2.45) is 0 Å². The number of carbonyl (C=O) groups excluding carboxylic acids is 1. The molecule has 5 heteroatoms. The summed E-state index contributed by atoms with van der Waals surface area (Å²) in [4.78, 5) is 17.3. The molecule has 0 aromatic heterocycles. The van der Waals surface area contributed by atoms with Crippen LogP contribution in [-0.2, 0) is 0 Å². The van der Waals surface area contributed by atoms with Gasteiger partial charge in [-0.25, -0.2) is 0 Å². The maximum Gasteiger partial charge on any atom is 0.193 e. The van der Waals surface area contributed by atoms with Gasteiger partial charge in [-0.2, -0.15) is 0 Å². The topological polar surface area (TPSA) is 32.8 Å². The fourth-order valence-corrected chi connectivity index (χ4v) is 3.79. The van der Waals surface area contributed by atoms with Gasteiger partial charge in [0.15, 0.2) is 5.78 Å². The van der Waals surface area contributed by atoms with Crippen LogP contribution in [0, 0.1) is 0 Å². The van der Waals surface area contributed by atoms with Gasteiger partial charge in [-0.05, 0) is 88.6 Å². The molecular weight excluding hydrogens is 428 g/mol. The highest BCUT2D eigenvalue weighted by Crippen LogP contribution is 2.18. The zero-order valence-corrected chi connectivity index (χ0v) is 18.8. The van der Waals surface area contributed by atoms with E-state index in [0.717, 1.165) is 35.9 Å². The van der Waals surface area contributed by atoms with E-state index in [-0.39, 0.29) is 5.78 Å². The van der Waals surface area contributed by atoms with Crippen molar-refractivity contribution in [3.8, 4) is 5.75 Å². The van der Waals surface area contributed by atoms with Crippen LogP contribution in [0.5, 0.6) is 5.75 Å². The van der Waals surface area contributed by atoms with Gasteiger partial charge in [0.05, 0.1) is 0 Å². The summed E-state index contributed by atoms with van der Waals surface area (Å²) >= 11 is 3.39. The molecule has 4 nitrogen and oxygen atoms in total. The smallest absolute Gasteiger partial charge is 0.193 e. The number of rotatable bonds is 8. The molecule has 1 heterocycles. The predicted octanol–water partition coefficient (Wildman–Crippen LogP) is 4.64. The fourth-order valence-electron chi connectivity index (χ4n) is 3.52. The third kappa shape index (κ3) is 6.53. The van der Waals surface area contributed by atoms with Crippen LogP contribution in [0.25, 0.3) is 0 Å². The fraction of sp³-hybridized carbons (Fsp3) is 0.375. The molecule has 154 valence electrons. The summed E-state index contributed by atoms with van der Waals surface area (Å²) in [5.41, 5.74) is 1.34. The van der Waals surface area contributed by atoms with E-state index >= 15 is 0 Å². The van der Waals surface area contributed by atoms with E-state index in [4.69, 9.17) is 4.74 Å². The minimum Gasteiger partial charge on any atom is -0.490 e. The van der Waals surface area contributed by atoms with Gasteiger partial charge in [0, 0.05) is 28.2 Å². The van der Waals surface area contributed by atoms with E-state index in [1.807, 2.05) is 48.5 Å². The van der Waals surface area contributed by atoms with Gasteiger partial charge in [0.25, 0.3) is 0 Å². The minimum atomic E-state index is 0.0157. The van der Waals surface area contributed by atoms with E-state index in [9.17, 15) is 4.79 Å². The van der Waals surface area contributed by atoms with Crippen LogP contribution in [0.15, 0.2) is 65.2 Å². The number of ether oxygens (including phenoxy) is 1. The van der Waals surface area contributed by atoms with Crippen molar-refractivity contribution in [1.29, 1.82) is 0 Å². The number of nitrogens with zero attached hydrogens (tertiary/aromatic N) is 2. The van der Waals surface area contributed by atoms with Gasteiger partial charge in [-0.15, -0.1) is 0 Å². The first-order valence-corrected chi connectivity index (χ1v) is 10.9. The number of carbonyl (C=O) groups is 1. The Morgan fingerprint density at radius 1 is 1.03 bits per heavy atom. The summed E-state index contributed by atoms with van der Waals surface area (Å²) < 4.78 is 6.73. The zero-order valence-electron chi connectivity index (χ0n) is 17.2. The molecule has 0 aliphatic carbocycles. The van der Waals surface area contributed by atoms with Gasteiger partial charge in [0.2, 0.25) is 0 Å². The maximum atomic E-state index is 12.5. The molecule has 0 atom stereocenters. The molecule has 1 aliphatic rings. The van der Waals surface area contributed by atoms with Crippen LogP contribution in [0.4, 0.5) is 0 Å². The van der Waals surface area contributed by atoms with Crippen molar-refractivity contribution in [2.45, 2.75) is 18.9 Å². The number of piperidine rings is 1. The molecule has 0 unspecified atom stereocenters. The first-order chi connectivity index (χ1) is 14.0. The number of halogens is 1. The largest absolute Gasteiger partial charge is 0.490 e.